The van der Waals surface area contributed by atoms with E-state index in [1.54, 1.807) is 25.9 Å². The molecule has 4 nitrogen and oxygen atoms in total. The van der Waals surface area contributed by atoms with Gasteiger partial charge in [0, 0.05) is 0 Å². The van der Waals surface area contributed by atoms with E-state index in [2.05, 4.69) is 6.58 Å². The summed E-state index contributed by atoms with van der Waals surface area (Å²) in [5.74, 6) is -0.945. The molecule has 0 spiro atoms. The molecule has 12 heavy (non-hydrogen) atoms. The fraction of sp³-hybridized carbons (Fsp3) is 0.625. The zero-order valence-electron chi connectivity index (χ0n) is 7.74. The van der Waals surface area contributed by atoms with Gasteiger partial charge in [0.2, 0.25) is 0 Å². The molecule has 0 saturated heterocycles. The molecule has 2 atom stereocenters. The topological polar surface area (TPSA) is 66.6 Å². The van der Waals surface area contributed by atoms with Crippen LogP contribution in [-0.4, -0.2) is 41.7 Å². The maximum atomic E-state index is 10.9. The fourth-order valence-corrected chi connectivity index (χ4v) is 0.861. The zero-order chi connectivity index (χ0) is 9.94. The average molecular weight is 172 g/mol. The minimum absolute atomic E-state index is 0.579. The number of likely N-dealkylation sites (N-methyl/N-ethyl adjacent to an activating group) is 1. The van der Waals surface area contributed by atoms with Crippen molar-refractivity contribution in [3.63, 3.8) is 0 Å². The summed E-state index contributed by atoms with van der Waals surface area (Å²) in [4.78, 5) is 12.5. The van der Waals surface area contributed by atoms with Crippen molar-refractivity contribution in [1.82, 2.24) is 4.90 Å². The van der Waals surface area contributed by atoms with Crippen LogP contribution in [0.5, 0.6) is 0 Å². The Morgan fingerprint density at radius 1 is 1.75 bits per heavy atom. The Kier molecular flexibility index (Phi) is 3.42. The van der Waals surface area contributed by atoms with Gasteiger partial charge >= 0.3 is 5.97 Å². The van der Waals surface area contributed by atoms with Crippen LogP contribution in [0.25, 0.3) is 0 Å². The van der Waals surface area contributed by atoms with E-state index in [4.69, 9.17) is 10.8 Å². The molecule has 0 aliphatic carbocycles. The van der Waals surface area contributed by atoms with E-state index < -0.39 is 17.6 Å². The molecule has 0 bridgehead atoms. The SMILES string of the molecule is C=CC(N)C(C)(C(=O)O)N(C)C. The molecular weight excluding hydrogens is 156 g/mol. The van der Waals surface area contributed by atoms with Gasteiger partial charge in [-0.25, -0.2) is 0 Å². The van der Waals surface area contributed by atoms with Crippen LogP contribution in [0, 0.1) is 0 Å². The molecule has 0 aliphatic heterocycles. The highest BCUT2D eigenvalue weighted by Gasteiger charge is 2.40. The summed E-state index contributed by atoms with van der Waals surface area (Å²) in [6.45, 7) is 5.05. The summed E-state index contributed by atoms with van der Waals surface area (Å²) in [7, 11) is 3.36. The van der Waals surface area contributed by atoms with E-state index in [1.807, 2.05) is 0 Å². The molecule has 0 amide bonds. The number of nitrogens with zero attached hydrogens (tertiary/aromatic N) is 1. The van der Waals surface area contributed by atoms with Gasteiger partial charge in [-0.3, -0.25) is 9.69 Å². The lowest BCUT2D eigenvalue weighted by Crippen LogP contribution is -2.59. The van der Waals surface area contributed by atoms with E-state index in [0.29, 0.717) is 0 Å². The van der Waals surface area contributed by atoms with E-state index in [-0.39, 0.29) is 0 Å². The number of carbonyl (C=O) groups is 1. The lowest BCUT2D eigenvalue weighted by Gasteiger charge is -2.35. The Hall–Kier alpha value is -0.870. The van der Waals surface area contributed by atoms with Crippen LogP contribution in [-0.2, 0) is 4.79 Å². The molecule has 0 radical (unpaired) electrons. The van der Waals surface area contributed by atoms with Gasteiger partial charge in [0.05, 0.1) is 6.04 Å². The van der Waals surface area contributed by atoms with E-state index in [1.165, 1.54) is 6.08 Å². The average Bonchev–Trinajstić information content (AvgIpc) is 2.00. The fourth-order valence-electron chi connectivity index (χ4n) is 0.861. The highest BCUT2D eigenvalue weighted by molar-refractivity contribution is 5.79. The summed E-state index contributed by atoms with van der Waals surface area (Å²) in [5, 5.41) is 8.94. The molecule has 0 aliphatic rings. The number of carboxylic acid groups (broad SMARTS) is 1. The normalized spacial score (nSPS) is 18.4. The molecule has 0 aromatic carbocycles. The Bertz CT molecular complexity index is 191. The van der Waals surface area contributed by atoms with Crippen LogP contribution < -0.4 is 5.73 Å². The van der Waals surface area contributed by atoms with Crippen LogP contribution in [0.4, 0.5) is 0 Å². The molecule has 0 aromatic heterocycles. The van der Waals surface area contributed by atoms with Crippen molar-refractivity contribution in [2.45, 2.75) is 18.5 Å². The van der Waals surface area contributed by atoms with Gasteiger partial charge in [-0.2, -0.15) is 0 Å². The summed E-state index contributed by atoms with van der Waals surface area (Å²) in [5.41, 5.74) is 4.53. The van der Waals surface area contributed by atoms with Crippen molar-refractivity contribution in [2.75, 3.05) is 14.1 Å². The van der Waals surface area contributed by atoms with Crippen LogP contribution in [0.15, 0.2) is 12.7 Å². The maximum absolute atomic E-state index is 10.9. The summed E-state index contributed by atoms with van der Waals surface area (Å²) in [6, 6.07) is -0.579. The summed E-state index contributed by atoms with van der Waals surface area (Å²) in [6.07, 6.45) is 1.44. The Balaban J connectivity index is 4.86. The predicted molar refractivity (Wildman–Crippen MR) is 47.9 cm³/mol. The first-order chi connectivity index (χ1) is 5.37. The number of rotatable bonds is 4. The van der Waals surface area contributed by atoms with Gasteiger partial charge in [0.25, 0.3) is 0 Å². The van der Waals surface area contributed by atoms with Gasteiger partial charge in [-0.1, -0.05) is 6.08 Å². The van der Waals surface area contributed by atoms with E-state index in [9.17, 15) is 4.79 Å². The van der Waals surface area contributed by atoms with Crippen LogP contribution >= 0.6 is 0 Å². The van der Waals surface area contributed by atoms with Gasteiger partial charge in [0.1, 0.15) is 5.54 Å². The van der Waals surface area contributed by atoms with Crippen molar-refractivity contribution in [1.29, 1.82) is 0 Å². The van der Waals surface area contributed by atoms with Crippen molar-refractivity contribution >= 4 is 5.97 Å². The van der Waals surface area contributed by atoms with Crippen LogP contribution in [0.2, 0.25) is 0 Å². The molecule has 3 N–H and O–H groups in total. The van der Waals surface area contributed by atoms with Gasteiger partial charge in [0.15, 0.2) is 0 Å². The summed E-state index contributed by atoms with van der Waals surface area (Å²) >= 11 is 0. The highest BCUT2D eigenvalue weighted by atomic mass is 16.4. The lowest BCUT2D eigenvalue weighted by molar-refractivity contribution is -0.149. The first-order valence-electron chi connectivity index (χ1n) is 3.66. The third-order valence-electron chi connectivity index (χ3n) is 2.27. The predicted octanol–water partition coefficient (Wildman–Crippen LogP) is -0.0954. The van der Waals surface area contributed by atoms with Crippen LogP contribution in [0.1, 0.15) is 6.92 Å². The van der Waals surface area contributed by atoms with Crippen molar-refractivity contribution in [2.24, 2.45) is 5.73 Å². The minimum Gasteiger partial charge on any atom is -0.480 e. The molecule has 70 valence electrons. The first kappa shape index (κ1) is 11.1. The van der Waals surface area contributed by atoms with Gasteiger partial charge < -0.3 is 10.8 Å². The highest BCUT2D eigenvalue weighted by Crippen LogP contribution is 2.15. The Morgan fingerprint density at radius 2 is 2.17 bits per heavy atom. The summed E-state index contributed by atoms with van der Waals surface area (Å²) < 4.78 is 0. The molecule has 4 heteroatoms. The smallest absolute Gasteiger partial charge is 0.325 e. The monoisotopic (exact) mass is 172 g/mol. The second-order valence-electron chi connectivity index (χ2n) is 3.11. The first-order valence-corrected chi connectivity index (χ1v) is 3.66. The zero-order valence-corrected chi connectivity index (χ0v) is 7.74. The standard InChI is InChI=1S/C8H16N2O2/c1-5-6(9)8(2,7(11)12)10(3)4/h5-6H,1,9H2,2-4H3,(H,11,12). The Labute approximate surface area is 72.7 Å². The second kappa shape index (κ2) is 3.69. The Morgan fingerprint density at radius 3 is 2.25 bits per heavy atom. The molecule has 0 aromatic rings. The molecular formula is C8H16N2O2. The van der Waals surface area contributed by atoms with E-state index in [0.717, 1.165) is 0 Å². The second-order valence-corrected chi connectivity index (χ2v) is 3.11. The molecule has 0 saturated carbocycles. The molecule has 0 fully saturated rings. The van der Waals surface area contributed by atoms with Gasteiger partial charge in [-0.15, -0.1) is 6.58 Å². The number of carboxylic acids is 1. The molecule has 0 rings (SSSR count). The quantitative estimate of drug-likeness (QED) is 0.581. The third-order valence-corrected chi connectivity index (χ3v) is 2.27. The number of hydrogen-bond acceptors (Lipinski definition) is 3. The minimum atomic E-state index is -1.08. The van der Waals surface area contributed by atoms with Crippen molar-refractivity contribution in [3.8, 4) is 0 Å². The van der Waals surface area contributed by atoms with E-state index >= 15 is 0 Å². The van der Waals surface area contributed by atoms with Gasteiger partial charge in [-0.05, 0) is 21.0 Å². The van der Waals surface area contributed by atoms with Crippen LogP contribution in [0.3, 0.4) is 0 Å². The number of hydrogen-bond donors (Lipinski definition) is 2. The third kappa shape index (κ3) is 1.65. The number of aliphatic carboxylic acids is 1. The van der Waals surface area contributed by atoms with Crippen molar-refractivity contribution in [3.05, 3.63) is 12.7 Å². The molecule has 0 heterocycles. The largest absolute Gasteiger partial charge is 0.480 e. The van der Waals surface area contributed by atoms with Crippen molar-refractivity contribution < 1.29 is 9.90 Å². The number of nitrogens with two attached hydrogens (primary N) is 1. The maximum Gasteiger partial charge on any atom is 0.325 e. The lowest BCUT2D eigenvalue weighted by atomic mass is 9.92. The molecule has 2 unspecified atom stereocenters.